The van der Waals surface area contributed by atoms with Crippen LogP contribution < -0.4 is 0 Å². The van der Waals surface area contributed by atoms with E-state index in [1.54, 1.807) is 53.8 Å². The van der Waals surface area contributed by atoms with Crippen LogP contribution in [0.15, 0.2) is 59.9 Å². The SMILES string of the molecule is CC(C)(C)OC(=O)N1CC2CCN(S(=O)(=O)c3ccc(CCC(=O)c4ccc5nccn5c4)cc3)C2C1. The molecule has 0 spiro atoms. The highest BCUT2D eigenvalue weighted by Crippen LogP contribution is 2.36. The van der Waals surface area contributed by atoms with Gasteiger partial charge in [-0.25, -0.2) is 18.2 Å². The number of imidazole rings is 1. The lowest BCUT2D eigenvalue weighted by Crippen LogP contribution is -2.41. The van der Waals surface area contributed by atoms with E-state index in [9.17, 15) is 18.0 Å². The molecule has 5 rings (SSSR count). The first-order chi connectivity index (χ1) is 17.5. The maximum Gasteiger partial charge on any atom is 0.410 e. The summed E-state index contributed by atoms with van der Waals surface area (Å²) in [6.07, 6.45) is 6.41. The zero-order chi connectivity index (χ0) is 26.4. The van der Waals surface area contributed by atoms with Crippen LogP contribution in [0.2, 0.25) is 0 Å². The number of pyridine rings is 1. The smallest absolute Gasteiger partial charge is 0.410 e. The third kappa shape index (κ3) is 5.26. The van der Waals surface area contributed by atoms with E-state index in [1.165, 1.54) is 4.31 Å². The number of benzene rings is 1. The van der Waals surface area contributed by atoms with Crippen LogP contribution in [-0.4, -0.2) is 70.2 Å². The van der Waals surface area contributed by atoms with Gasteiger partial charge in [0.1, 0.15) is 11.2 Å². The largest absolute Gasteiger partial charge is 0.444 e. The maximum absolute atomic E-state index is 13.5. The van der Waals surface area contributed by atoms with Crippen molar-refractivity contribution in [2.75, 3.05) is 19.6 Å². The average Bonchev–Trinajstić information content (AvgIpc) is 3.56. The maximum atomic E-state index is 13.5. The third-order valence-electron chi connectivity index (χ3n) is 7.03. The van der Waals surface area contributed by atoms with Gasteiger partial charge < -0.3 is 14.0 Å². The number of hydrogen-bond donors (Lipinski definition) is 0. The van der Waals surface area contributed by atoms with Crippen molar-refractivity contribution in [2.24, 2.45) is 5.92 Å². The van der Waals surface area contributed by atoms with Gasteiger partial charge in [0.2, 0.25) is 10.0 Å². The lowest BCUT2D eigenvalue weighted by Gasteiger charge is -2.26. The number of hydrogen-bond acceptors (Lipinski definition) is 6. The van der Waals surface area contributed by atoms with Gasteiger partial charge in [0.15, 0.2) is 5.78 Å². The average molecular weight is 525 g/mol. The molecule has 37 heavy (non-hydrogen) atoms. The molecule has 9 nitrogen and oxygen atoms in total. The van der Waals surface area contributed by atoms with Crippen molar-refractivity contribution in [3.63, 3.8) is 0 Å². The molecule has 1 aromatic carbocycles. The molecular weight excluding hydrogens is 492 g/mol. The molecule has 1 amide bonds. The van der Waals surface area contributed by atoms with Crippen LogP contribution >= 0.6 is 0 Å². The third-order valence-corrected chi connectivity index (χ3v) is 8.97. The molecular formula is C27H32N4O5S. The summed E-state index contributed by atoms with van der Waals surface area (Å²) in [5.41, 5.74) is 1.70. The summed E-state index contributed by atoms with van der Waals surface area (Å²) in [6, 6.07) is 10.1. The molecule has 0 N–H and O–H groups in total. The predicted molar refractivity (Wildman–Crippen MR) is 138 cm³/mol. The molecule has 196 valence electrons. The molecule has 10 heteroatoms. The number of carbonyl (C=O) groups excluding carboxylic acids is 2. The van der Waals surface area contributed by atoms with Crippen molar-refractivity contribution in [2.45, 2.75) is 56.6 Å². The van der Waals surface area contributed by atoms with Gasteiger partial charge in [-0.2, -0.15) is 4.31 Å². The van der Waals surface area contributed by atoms with Crippen molar-refractivity contribution in [1.29, 1.82) is 0 Å². The standard InChI is InChI=1S/C27H32N4O5S/c1-27(2,3)36-26(33)30-16-20-12-14-31(23(20)18-30)37(34,35)22-8-4-19(5-9-22)6-10-24(32)21-7-11-25-28-13-15-29(25)17-21/h4-5,7-9,11,13,15,17,20,23H,6,10,12,14,16,18H2,1-3H3. The zero-order valence-corrected chi connectivity index (χ0v) is 22.1. The number of amides is 1. The molecule has 0 saturated carbocycles. The predicted octanol–water partition coefficient (Wildman–Crippen LogP) is 3.78. The minimum atomic E-state index is -3.70. The van der Waals surface area contributed by atoms with Gasteiger partial charge in [-0.3, -0.25) is 4.79 Å². The second kappa shape index (κ2) is 9.57. The molecule has 0 aliphatic carbocycles. The Kier molecular flexibility index (Phi) is 6.57. The highest BCUT2D eigenvalue weighted by atomic mass is 32.2. The molecule has 4 heterocycles. The second-order valence-corrected chi connectivity index (χ2v) is 12.7. The topological polar surface area (TPSA) is 101 Å². The Balaban J connectivity index is 1.21. The van der Waals surface area contributed by atoms with E-state index in [2.05, 4.69) is 4.98 Å². The van der Waals surface area contributed by atoms with E-state index in [0.717, 1.165) is 11.2 Å². The fourth-order valence-electron chi connectivity index (χ4n) is 5.15. The lowest BCUT2D eigenvalue weighted by atomic mass is 10.0. The number of aromatic nitrogens is 2. The second-order valence-electron chi connectivity index (χ2n) is 10.8. The van der Waals surface area contributed by atoms with Gasteiger partial charge in [0.05, 0.1) is 4.90 Å². The summed E-state index contributed by atoms with van der Waals surface area (Å²) in [7, 11) is -3.70. The number of nitrogens with zero attached hydrogens (tertiary/aromatic N) is 4. The van der Waals surface area contributed by atoms with Crippen molar-refractivity contribution in [3.05, 3.63) is 66.1 Å². The van der Waals surface area contributed by atoms with E-state index in [0.29, 0.717) is 44.5 Å². The molecule has 2 atom stereocenters. The van der Waals surface area contributed by atoms with Gasteiger partial charge in [0.25, 0.3) is 0 Å². The van der Waals surface area contributed by atoms with Crippen molar-refractivity contribution >= 4 is 27.5 Å². The fraction of sp³-hybridized carbons (Fsp3) is 0.444. The van der Waals surface area contributed by atoms with Gasteiger partial charge >= 0.3 is 6.09 Å². The Labute approximate surface area is 217 Å². The van der Waals surface area contributed by atoms with E-state index in [4.69, 9.17) is 4.74 Å². The van der Waals surface area contributed by atoms with Crippen LogP contribution in [0.3, 0.4) is 0 Å². The van der Waals surface area contributed by atoms with Gasteiger partial charge in [0, 0.05) is 56.3 Å². The van der Waals surface area contributed by atoms with Crippen LogP contribution in [0.25, 0.3) is 5.65 Å². The molecule has 2 aliphatic heterocycles. The number of rotatable bonds is 6. The number of sulfonamides is 1. The highest BCUT2D eigenvalue weighted by molar-refractivity contribution is 7.89. The number of ketones is 1. The van der Waals surface area contributed by atoms with Crippen LogP contribution in [0.4, 0.5) is 4.79 Å². The molecule has 2 fully saturated rings. The summed E-state index contributed by atoms with van der Waals surface area (Å²) >= 11 is 0. The summed E-state index contributed by atoms with van der Waals surface area (Å²) < 4.78 is 35.7. The summed E-state index contributed by atoms with van der Waals surface area (Å²) in [5.74, 6) is 0.125. The summed E-state index contributed by atoms with van der Waals surface area (Å²) in [4.78, 5) is 31.2. The van der Waals surface area contributed by atoms with Crippen LogP contribution in [0.1, 0.15) is 49.5 Å². The van der Waals surface area contributed by atoms with Gasteiger partial charge in [-0.15, -0.1) is 0 Å². The van der Waals surface area contributed by atoms with Crippen molar-refractivity contribution < 1.29 is 22.7 Å². The Morgan fingerprint density at radius 1 is 1.08 bits per heavy atom. The number of fused-ring (bicyclic) bond motifs is 2. The highest BCUT2D eigenvalue weighted by Gasteiger charge is 2.48. The first-order valence-corrected chi connectivity index (χ1v) is 14.0. The summed E-state index contributed by atoms with van der Waals surface area (Å²) in [6.45, 7) is 6.74. The molecule has 2 unspecified atom stereocenters. The molecule has 0 bridgehead atoms. The number of ether oxygens (including phenoxy) is 1. The van der Waals surface area contributed by atoms with Crippen LogP contribution in [0, 0.1) is 5.92 Å². The van der Waals surface area contributed by atoms with E-state index < -0.39 is 21.7 Å². The van der Waals surface area contributed by atoms with E-state index in [-0.39, 0.29) is 22.6 Å². The van der Waals surface area contributed by atoms with Crippen LogP contribution in [0.5, 0.6) is 0 Å². The monoisotopic (exact) mass is 524 g/mol. The minimum absolute atomic E-state index is 0.0196. The number of likely N-dealkylation sites (tertiary alicyclic amines) is 1. The Morgan fingerprint density at radius 2 is 1.84 bits per heavy atom. The summed E-state index contributed by atoms with van der Waals surface area (Å²) in [5, 5.41) is 0. The zero-order valence-electron chi connectivity index (χ0n) is 21.3. The number of Topliss-reactive ketones (excluding diaryl/α,β-unsaturated/α-hetero) is 1. The lowest BCUT2D eigenvalue weighted by molar-refractivity contribution is 0.0278. The fourth-order valence-corrected chi connectivity index (χ4v) is 6.84. The molecule has 3 aromatic rings. The van der Waals surface area contributed by atoms with E-state index in [1.807, 2.05) is 31.2 Å². The molecule has 0 radical (unpaired) electrons. The molecule has 2 aromatic heterocycles. The minimum Gasteiger partial charge on any atom is -0.444 e. The van der Waals surface area contributed by atoms with Gasteiger partial charge in [-0.1, -0.05) is 12.1 Å². The Hall–Kier alpha value is -3.24. The first kappa shape index (κ1) is 25.4. The Morgan fingerprint density at radius 3 is 2.57 bits per heavy atom. The first-order valence-electron chi connectivity index (χ1n) is 12.6. The number of aryl methyl sites for hydroxylation is 1. The normalized spacial score (nSPS) is 20.4. The van der Waals surface area contributed by atoms with Crippen molar-refractivity contribution in [1.82, 2.24) is 18.6 Å². The van der Waals surface area contributed by atoms with Crippen LogP contribution in [-0.2, 0) is 21.2 Å². The quantitative estimate of drug-likeness (QED) is 0.455. The van der Waals surface area contributed by atoms with Gasteiger partial charge in [-0.05, 0) is 69.4 Å². The number of carbonyl (C=O) groups is 2. The van der Waals surface area contributed by atoms with E-state index >= 15 is 0 Å². The molecule has 2 saturated heterocycles. The van der Waals surface area contributed by atoms with Crippen molar-refractivity contribution in [3.8, 4) is 0 Å². The molecule has 2 aliphatic rings. The Bertz CT molecular complexity index is 1420.